The number of nitrogens with zero attached hydrogens (tertiary/aromatic N) is 3. The number of hydrogen-bond acceptors (Lipinski definition) is 10. The maximum Gasteiger partial charge on any atom is 0.355 e. The Balaban J connectivity index is 1.85. The van der Waals surface area contributed by atoms with E-state index in [9.17, 15) is 9.59 Å². The highest BCUT2D eigenvalue weighted by Crippen LogP contribution is 2.43. The van der Waals surface area contributed by atoms with Gasteiger partial charge < -0.3 is 29.4 Å². The molecule has 0 aliphatic rings. The minimum Gasteiger partial charge on any atom is -0.493 e. The molecule has 0 saturated heterocycles. The van der Waals surface area contributed by atoms with Gasteiger partial charge in [0.15, 0.2) is 11.5 Å². The number of nitrogen functional groups attached to an aromatic ring is 1. The highest BCUT2D eigenvalue weighted by Gasteiger charge is 2.28. The van der Waals surface area contributed by atoms with Gasteiger partial charge in [0.25, 0.3) is 5.56 Å². The number of nitrogens with two attached hydrogens (primary N) is 1. The quantitative estimate of drug-likeness (QED) is 0.201. The molecule has 0 fully saturated rings. The Labute approximate surface area is 241 Å². The number of carbonyl (C=O) groups is 1. The Morgan fingerprint density at radius 1 is 0.881 bits per heavy atom. The topological polar surface area (TPSA) is 137 Å². The first-order valence-electron chi connectivity index (χ1n) is 12.8. The maximum absolute atomic E-state index is 14.1. The van der Waals surface area contributed by atoms with Crippen molar-refractivity contribution in [2.75, 3.05) is 34.2 Å². The second kappa shape index (κ2) is 11.9. The van der Waals surface area contributed by atoms with E-state index in [0.29, 0.717) is 45.1 Å². The molecule has 0 atom stereocenters. The third-order valence-electron chi connectivity index (χ3n) is 6.62. The van der Waals surface area contributed by atoms with Crippen molar-refractivity contribution in [1.82, 2.24) is 14.5 Å². The van der Waals surface area contributed by atoms with Gasteiger partial charge in [-0.2, -0.15) is 0 Å². The lowest BCUT2D eigenvalue weighted by Crippen LogP contribution is -2.27. The molecular weight excluding hydrogens is 540 g/mol. The number of ether oxygens (including phenoxy) is 5. The number of hydrogen-bond donors (Lipinski definition) is 1. The normalized spacial score (nSPS) is 10.8. The molecule has 3 aromatic heterocycles. The van der Waals surface area contributed by atoms with Crippen molar-refractivity contribution in [2.45, 2.75) is 6.61 Å². The number of benzene rings is 2. The summed E-state index contributed by atoms with van der Waals surface area (Å²) >= 11 is 0. The fraction of sp³-hybridized carbons (Fsp3) is 0.161. The van der Waals surface area contributed by atoms with Gasteiger partial charge in [-0.1, -0.05) is 0 Å². The number of carbonyl (C=O) groups excluding carboxylic acids is 1. The molecule has 5 rings (SSSR count). The van der Waals surface area contributed by atoms with E-state index in [2.05, 4.69) is 9.97 Å². The molecule has 2 aromatic carbocycles. The van der Waals surface area contributed by atoms with Gasteiger partial charge in [-0.3, -0.25) is 14.3 Å². The van der Waals surface area contributed by atoms with Crippen molar-refractivity contribution in [1.29, 1.82) is 0 Å². The number of methoxy groups -OCH3 is 4. The second-order valence-electron chi connectivity index (χ2n) is 9.05. The summed E-state index contributed by atoms with van der Waals surface area (Å²) in [5.41, 5.74) is 8.01. The maximum atomic E-state index is 14.1. The molecule has 0 amide bonds. The largest absolute Gasteiger partial charge is 0.493 e. The zero-order chi connectivity index (χ0) is 29.8. The Morgan fingerprint density at radius 3 is 2.14 bits per heavy atom. The summed E-state index contributed by atoms with van der Waals surface area (Å²) in [6.07, 6.45) is 3.33. The number of esters is 1. The highest BCUT2D eigenvalue weighted by molar-refractivity contribution is 6.06. The van der Waals surface area contributed by atoms with Crippen molar-refractivity contribution in [2.24, 2.45) is 0 Å². The van der Waals surface area contributed by atoms with Crippen LogP contribution in [-0.4, -0.2) is 48.9 Å². The van der Waals surface area contributed by atoms with E-state index in [1.807, 2.05) is 12.1 Å². The monoisotopic (exact) mass is 568 g/mol. The smallest absolute Gasteiger partial charge is 0.355 e. The average molecular weight is 569 g/mol. The molecule has 2 N–H and O–H groups in total. The lowest BCUT2D eigenvalue weighted by atomic mass is 9.97. The molecule has 11 heteroatoms. The average Bonchev–Trinajstić information content (AvgIpc) is 3.03. The van der Waals surface area contributed by atoms with Crippen LogP contribution in [-0.2, 0) is 11.3 Å². The third kappa shape index (κ3) is 5.15. The van der Waals surface area contributed by atoms with Crippen LogP contribution in [0, 0.1) is 0 Å². The Bertz CT molecular complexity index is 1800. The summed E-state index contributed by atoms with van der Waals surface area (Å²) in [4.78, 5) is 36.2. The summed E-state index contributed by atoms with van der Waals surface area (Å²) in [5, 5.41) is 0.387. The Hall–Kier alpha value is -5.58. The molecular formula is C31H28N4O7. The second-order valence-corrected chi connectivity index (χ2v) is 9.05. The number of pyridine rings is 3. The molecule has 0 saturated carbocycles. The molecule has 0 radical (unpaired) electrons. The molecule has 0 bridgehead atoms. The van der Waals surface area contributed by atoms with E-state index < -0.39 is 11.5 Å². The summed E-state index contributed by atoms with van der Waals surface area (Å²) in [6, 6.07) is 16.9. The summed E-state index contributed by atoms with van der Waals surface area (Å²) in [5.74, 6) is 0.552. The van der Waals surface area contributed by atoms with Gasteiger partial charge in [-0.15, -0.1) is 0 Å². The predicted octanol–water partition coefficient (Wildman–Crippen LogP) is 4.42. The molecule has 42 heavy (non-hydrogen) atoms. The minimum atomic E-state index is -0.743. The molecule has 0 unspecified atom stereocenters. The van der Waals surface area contributed by atoms with Gasteiger partial charge in [0, 0.05) is 40.8 Å². The van der Waals surface area contributed by atoms with Crippen LogP contribution in [0.2, 0.25) is 0 Å². The van der Waals surface area contributed by atoms with Gasteiger partial charge in [0.2, 0.25) is 11.6 Å². The highest BCUT2D eigenvalue weighted by atomic mass is 16.5. The SMILES string of the molecule is COC(=O)c1c(-c2cc(OC)c(OC)c(OC)c2)c2ccc(OCc3ccncc3)nc2c(=O)n1-c1ccc(N)cc1. The number of fused-ring (bicyclic) bond motifs is 1. The molecule has 214 valence electrons. The van der Waals surface area contributed by atoms with Crippen LogP contribution in [0.25, 0.3) is 27.7 Å². The predicted molar refractivity (Wildman–Crippen MR) is 157 cm³/mol. The van der Waals surface area contributed by atoms with Crippen molar-refractivity contribution in [3.05, 3.63) is 94.7 Å². The number of aromatic nitrogens is 3. The Morgan fingerprint density at radius 2 is 1.55 bits per heavy atom. The standard InChI is InChI=1S/C31H28N4O7/c1-38-23-15-19(16-24(39-2)29(23)40-3)26-22-9-10-25(42-17-18-11-13-33-14-12-18)34-27(22)30(36)35(28(26)31(37)41-4)21-7-5-20(32)6-8-21/h5-16H,17,32H2,1-4H3. The third-order valence-corrected chi connectivity index (χ3v) is 6.62. The lowest BCUT2D eigenvalue weighted by molar-refractivity contribution is 0.0591. The zero-order valence-electron chi connectivity index (χ0n) is 23.4. The fourth-order valence-corrected chi connectivity index (χ4v) is 4.65. The number of rotatable bonds is 9. The van der Waals surface area contributed by atoms with Crippen LogP contribution in [0.3, 0.4) is 0 Å². The van der Waals surface area contributed by atoms with E-state index in [0.717, 1.165) is 5.56 Å². The van der Waals surface area contributed by atoms with E-state index in [1.165, 1.54) is 33.0 Å². The van der Waals surface area contributed by atoms with Gasteiger partial charge in [0.1, 0.15) is 17.8 Å². The first-order valence-corrected chi connectivity index (χ1v) is 12.8. The van der Waals surface area contributed by atoms with Crippen LogP contribution in [0.15, 0.2) is 77.9 Å². The van der Waals surface area contributed by atoms with Crippen LogP contribution in [0.4, 0.5) is 5.69 Å². The molecule has 0 aliphatic carbocycles. The van der Waals surface area contributed by atoms with Crippen LogP contribution >= 0.6 is 0 Å². The summed E-state index contributed by atoms with van der Waals surface area (Å²) < 4.78 is 29.0. The van der Waals surface area contributed by atoms with Crippen LogP contribution in [0.5, 0.6) is 23.1 Å². The van der Waals surface area contributed by atoms with E-state index >= 15 is 0 Å². The number of anilines is 1. The van der Waals surface area contributed by atoms with Crippen molar-refractivity contribution >= 4 is 22.6 Å². The zero-order valence-corrected chi connectivity index (χ0v) is 23.4. The van der Waals surface area contributed by atoms with E-state index in [-0.39, 0.29) is 23.7 Å². The molecule has 0 spiro atoms. The molecule has 11 nitrogen and oxygen atoms in total. The van der Waals surface area contributed by atoms with Crippen molar-refractivity contribution in [3.63, 3.8) is 0 Å². The van der Waals surface area contributed by atoms with Crippen molar-refractivity contribution < 1.29 is 28.5 Å². The summed E-state index contributed by atoms with van der Waals surface area (Å²) in [6.45, 7) is 0.215. The van der Waals surface area contributed by atoms with Crippen LogP contribution < -0.4 is 30.2 Å². The first-order chi connectivity index (χ1) is 20.4. The molecule has 0 aliphatic heterocycles. The van der Waals surface area contributed by atoms with E-state index in [1.54, 1.807) is 60.9 Å². The lowest BCUT2D eigenvalue weighted by Gasteiger charge is -2.20. The Kier molecular flexibility index (Phi) is 7.91. The molecule has 5 aromatic rings. The van der Waals surface area contributed by atoms with E-state index in [4.69, 9.17) is 29.4 Å². The minimum absolute atomic E-state index is 0.0266. The van der Waals surface area contributed by atoms with Gasteiger partial charge in [-0.05, 0) is 65.7 Å². The molecule has 3 heterocycles. The van der Waals surface area contributed by atoms with Gasteiger partial charge in [-0.25, -0.2) is 9.78 Å². The van der Waals surface area contributed by atoms with Crippen LogP contribution in [0.1, 0.15) is 16.1 Å². The van der Waals surface area contributed by atoms with Gasteiger partial charge >= 0.3 is 5.97 Å². The summed E-state index contributed by atoms with van der Waals surface area (Å²) in [7, 11) is 5.72. The fourth-order valence-electron chi connectivity index (χ4n) is 4.65. The first kappa shape index (κ1) is 28.0. The van der Waals surface area contributed by atoms with Gasteiger partial charge in [0.05, 0.1) is 28.4 Å². The van der Waals surface area contributed by atoms with Crippen molar-refractivity contribution in [3.8, 4) is 39.9 Å².